The third kappa shape index (κ3) is 1.89. The van der Waals surface area contributed by atoms with Crippen molar-refractivity contribution in [1.82, 2.24) is 5.32 Å². The Balaban J connectivity index is 1.97. The molecule has 0 radical (unpaired) electrons. The molecular formula is C11H13NO. The van der Waals surface area contributed by atoms with Gasteiger partial charge in [0.15, 0.2) is 0 Å². The first kappa shape index (κ1) is 8.30. The smallest absolute Gasteiger partial charge is 0.217 e. The van der Waals surface area contributed by atoms with Crippen LogP contribution in [0.2, 0.25) is 0 Å². The first-order chi connectivity index (χ1) is 6.27. The van der Waals surface area contributed by atoms with E-state index in [1.807, 2.05) is 18.2 Å². The van der Waals surface area contributed by atoms with E-state index in [0.717, 1.165) is 6.42 Å². The van der Waals surface area contributed by atoms with E-state index >= 15 is 0 Å². The Morgan fingerprint density at radius 1 is 1.38 bits per heavy atom. The molecule has 0 heterocycles. The molecule has 68 valence electrons. The van der Waals surface area contributed by atoms with Crippen molar-refractivity contribution in [2.24, 2.45) is 0 Å². The summed E-state index contributed by atoms with van der Waals surface area (Å²) in [6, 6.07) is 10.7. The second kappa shape index (κ2) is 3.21. The molecule has 0 aromatic heterocycles. The number of hydrogen-bond acceptors (Lipinski definition) is 1. The number of hydrogen-bond donors (Lipinski definition) is 1. The van der Waals surface area contributed by atoms with Gasteiger partial charge in [-0.05, 0) is 12.0 Å². The fourth-order valence-corrected chi connectivity index (χ4v) is 1.68. The Hall–Kier alpha value is -1.31. The standard InChI is InChI=1S/C11H13NO/c1-8(13)12-11-7-10(11)9-5-3-2-4-6-9/h2-6,10-11H,7H2,1H3,(H,12,13)/t10-,11-/m0/s1. The van der Waals surface area contributed by atoms with E-state index in [1.165, 1.54) is 5.56 Å². The molecule has 2 heteroatoms. The summed E-state index contributed by atoms with van der Waals surface area (Å²) in [6.45, 7) is 1.57. The van der Waals surface area contributed by atoms with E-state index < -0.39 is 0 Å². The molecule has 1 aromatic carbocycles. The third-order valence-electron chi connectivity index (χ3n) is 2.41. The molecule has 1 aliphatic rings. The van der Waals surface area contributed by atoms with Crippen molar-refractivity contribution in [2.45, 2.75) is 25.3 Å². The lowest BCUT2D eigenvalue weighted by molar-refractivity contribution is -0.119. The van der Waals surface area contributed by atoms with Crippen molar-refractivity contribution < 1.29 is 4.79 Å². The second-order valence-electron chi connectivity index (χ2n) is 3.56. The van der Waals surface area contributed by atoms with Crippen LogP contribution < -0.4 is 5.32 Å². The van der Waals surface area contributed by atoms with Gasteiger partial charge in [0, 0.05) is 18.9 Å². The molecular weight excluding hydrogens is 162 g/mol. The molecule has 0 aliphatic heterocycles. The van der Waals surface area contributed by atoms with Crippen molar-refractivity contribution in [2.75, 3.05) is 0 Å². The Morgan fingerprint density at radius 3 is 2.69 bits per heavy atom. The summed E-state index contributed by atoms with van der Waals surface area (Å²) in [5.41, 5.74) is 1.33. The molecule has 0 unspecified atom stereocenters. The molecule has 1 aromatic rings. The number of benzene rings is 1. The highest BCUT2D eigenvalue weighted by molar-refractivity contribution is 5.73. The molecule has 2 atom stereocenters. The van der Waals surface area contributed by atoms with Gasteiger partial charge in [-0.15, -0.1) is 0 Å². The van der Waals surface area contributed by atoms with Crippen LogP contribution in [0.5, 0.6) is 0 Å². The number of nitrogens with one attached hydrogen (secondary N) is 1. The fraction of sp³-hybridized carbons (Fsp3) is 0.364. The number of rotatable bonds is 2. The predicted octanol–water partition coefficient (Wildman–Crippen LogP) is 1.68. The number of amides is 1. The summed E-state index contributed by atoms with van der Waals surface area (Å²) >= 11 is 0. The van der Waals surface area contributed by atoms with Crippen LogP contribution in [0, 0.1) is 0 Å². The van der Waals surface area contributed by atoms with Crippen LogP contribution in [0.1, 0.15) is 24.8 Å². The molecule has 0 saturated heterocycles. The summed E-state index contributed by atoms with van der Waals surface area (Å²) in [6.07, 6.45) is 1.09. The topological polar surface area (TPSA) is 29.1 Å². The van der Waals surface area contributed by atoms with Gasteiger partial charge in [-0.25, -0.2) is 0 Å². The monoisotopic (exact) mass is 175 g/mol. The minimum Gasteiger partial charge on any atom is -0.353 e. The molecule has 0 bridgehead atoms. The Morgan fingerprint density at radius 2 is 2.08 bits per heavy atom. The molecule has 1 N–H and O–H groups in total. The highest BCUT2D eigenvalue weighted by Gasteiger charge is 2.38. The first-order valence-corrected chi connectivity index (χ1v) is 4.59. The summed E-state index contributed by atoms with van der Waals surface area (Å²) in [5.74, 6) is 0.619. The quantitative estimate of drug-likeness (QED) is 0.728. The zero-order chi connectivity index (χ0) is 9.26. The van der Waals surface area contributed by atoms with E-state index in [-0.39, 0.29) is 5.91 Å². The van der Waals surface area contributed by atoms with Gasteiger partial charge in [0.25, 0.3) is 0 Å². The summed E-state index contributed by atoms with van der Waals surface area (Å²) in [7, 11) is 0. The van der Waals surface area contributed by atoms with Crippen LogP contribution in [0.15, 0.2) is 30.3 Å². The van der Waals surface area contributed by atoms with E-state index in [1.54, 1.807) is 6.92 Å². The van der Waals surface area contributed by atoms with Gasteiger partial charge >= 0.3 is 0 Å². The van der Waals surface area contributed by atoms with Crippen LogP contribution in [0.4, 0.5) is 0 Å². The Bertz CT molecular complexity index is 307. The lowest BCUT2D eigenvalue weighted by Gasteiger charge is -2.00. The van der Waals surface area contributed by atoms with Crippen LogP contribution >= 0.6 is 0 Å². The average molecular weight is 175 g/mol. The van der Waals surface area contributed by atoms with E-state index in [0.29, 0.717) is 12.0 Å². The van der Waals surface area contributed by atoms with Crippen molar-refractivity contribution >= 4 is 5.91 Å². The fourth-order valence-electron chi connectivity index (χ4n) is 1.68. The van der Waals surface area contributed by atoms with Crippen LogP contribution in [-0.4, -0.2) is 11.9 Å². The maximum absolute atomic E-state index is 10.8. The molecule has 1 fully saturated rings. The average Bonchev–Trinajstić information content (AvgIpc) is 2.84. The van der Waals surface area contributed by atoms with Gasteiger partial charge in [0.1, 0.15) is 0 Å². The predicted molar refractivity (Wildman–Crippen MR) is 51.4 cm³/mol. The lowest BCUT2D eigenvalue weighted by atomic mass is 10.1. The zero-order valence-corrected chi connectivity index (χ0v) is 7.66. The van der Waals surface area contributed by atoms with Crippen molar-refractivity contribution in [3.8, 4) is 0 Å². The van der Waals surface area contributed by atoms with E-state index in [9.17, 15) is 4.79 Å². The van der Waals surface area contributed by atoms with Gasteiger partial charge in [-0.1, -0.05) is 30.3 Å². The minimum atomic E-state index is 0.0726. The van der Waals surface area contributed by atoms with Gasteiger partial charge < -0.3 is 5.32 Å². The first-order valence-electron chi connectivity index (χ1n) is 4.59. The minimum absolute atomic E-state index is 0.0726. The van der Waals surface area contributed by atoms with Crippen molar-refractivity contribution in [3.05, 3.63) is 35.9 Å². The Labute approximate surface area is 78.0 Å². The number of carbonyl (C=O) groups is 1. The van der Waals surface area contributed by atoms with E-state index in [2.05, 4.69) is 17.4 Å². The zero-order valence-electron chi connectivity index (χ0n) is 7.66. The summed E-state index contributed by atoms with van der Waals surface area (Å²) < 4.78 is 0. The van der Waals surface area contributed by atoms with Crippen LogP contribution in [-0.2, 0) is 4.79 Å². The maximum atomic E-state index is 10.8. The van der Waals surface area contributed by atoms with Gasteiger partial charge in [0.05, 0.1) is 0 Å². The molecule has 1 saturated carbocycles. The molecule has 1 aliphatic carbocycles. The Kier molecular flexibility index (Phi) is 2.05. The summed E-state index contributed by atoms with van der Waals surface area (Å²) in [5, 5.41) is 2.93. The lowest BCUT2D eigenvalue weighted by Crippen LogP contribution is -2.23. The van der Waals surface area contributed by atoms with Crippen LogP contribution in [0.3, 0.4) is 0 Å². The van der Waals surface area contributed by atoms with Gasteiger partial charge in [-0.3, -0.25) is 4.79 Å². The molecule has 0 spiro atoms. The largest absolute Gasteiger partial charge is 0.353 e. The van der Waals surface area contributed by atoms with Crippen LogP contribution in [0.25, 0.3) is 0 Å². The molecule has 13 heavy (non-hydrogen) atoms. The maximum Gasteiger partial charge on any atom is 0.217 e. The molecule has 2 rings (SSSR count). The molecule has 1 amide bonds. The second-order valence-corrected chi connectivity index (χ2v) is 3.56. The molecule has 2 nitrogen and oxygen atoms in total. The highest BCUT2D eigenvalue weighted by Crippen LogP contribution is 2.40. The van der Waals surface area contributed by atoms with Gasteiger partial charge in [0.2, 0.25) is 5.91 Å². The van der Waals surface area contributed by atoms with E-state index in [4.69, 9.17) is 0 Å². The SMILES string of the molecule is CC(=O)N[C@H]1C[C@H]1c1ccccc1. The summed E-state index contributed by atoms with van der Waals surface area (Å²) in [4.78, 5) is 10.8. The normalized spacial score (nSPS) is 25.3. The van der Waals surface area contributed by atoms with Crippen molar-refractivity contribution in [3.63, 3.8) is 0 Å². The third-order valence-corrected chi connectivity index (χ3v) is 2.41. The van der Waals surface area contributed by atoms with Gasteiger partial charge in [-0.2, -0.15) is 0 Å². The highest BCUT2D eigenvalue weighted by atomic mass is 16.1. The van der Waals surface area contributed by atoms with Crippen molar-refractivity contribution in [1.29, 1.82) is 0 Å². The number of carbonyl (C=O) groups excluding carboxylic acids is 1.